The average Bonchev–Trinajstić information content (AvgIpc) is 2.48. The van der Waals surface area contributed by atoms with Crippen molar-refractivity contribution < 1.29 is 9.53 Å². The van der Waals surface area contributed by atoms with E-state index in [4.69, 9.17) is 10.0 Å². The Hall–Kier alpha value is -2.03. The van der Waals surface area contributed by atoms with Gasteiger partial charge in [0.15, 0.2) is 0 Å². The molecule has 1 aromatic rings. The molecule has 0 fully saturated rings. The van der Waals surface area contributed by atoms with Gasteiger partial charge in [0.1, 0.15) is 0 Å². The van der Waals surface area contributed by atoms with Crippen LogP contribution in [-0.2, 0) is 4.74 Å². The van der Waals surface area contributed by atoms with Crippen LogP contribution in [-0.4, -0.2) is 41.8 Å². The summed E-state index contributed by atoms with van der Waals surface area (Å²) in [6.45, 7) is 12.3. The van der Waals surface area contributed by atoms with E-state index in [1.165, 1.54) is 0 Å². The number of hydrogen-bond donors (Lipinski definition) is 4. The van der Waals surface area contributed by atoms with Gasteiger partial charge in [-0.3, -0.25) is 0 Å². The minimum absolute atomic E-state index is 0.158. The van der Waals surface area contributed by atoms with Crippen molar-refractivity contribution in [2.75, 3.05) is 13.1 Å². The second-order valence-electron chi connectivity index (χ2n) is 7.55. The Morgan fingerprint density at radius 1 is 1.35 bits per heavy atom. The fraction of sp³-hybridized carbons (Fsp3) is 0.706. The molecule has 8 nitrogen and oxygen atoms in total. The summed E-state index contributed by atoms with van der Waals surface area (Å²) in [5, 5.41) is 13.6. The molecule has 4 N–H and O–H groups in total. The predicted molar refractivity (Wildman–Crippen MR) is 102 cm³/mol. The number of nitrogens with one attached hydrogen (secondary N) is 4. The van der Waals surface area contributed by atoms with E-state index in [9.17, 15) is 9.59 Å². The molecule has 1 rings (SSSR count). The SMILES string of the molecule is Cc1nc(C(NCCCNC(=O)OC(C)(C)C)C(C)C)c(B=N)c(=O)[nH]1. The minimum atomic E-state index is -0.516. The number of alkyl carbamates (subject to hydrolysis) is 1. The first-order valence-electron chi connectivity index (χ1n) is 8.86. The molecule has 0 aliphatic heterocycles. The Labute approximate surface area is 155 Å². The Morgan fingerprint density at radius 3 is 2.54 bits per heavy atom. The van der Waals surface area contributed by atoms with Crippen LogP contribution in [0.4, 0.5) is 4.79 Å². The van der Waals surface area contributed by atoms with Gasteiger partial charge in [0, 0.05) is 0 Å². The fourth-order valence-corrected chi connectivity index (χ4v) is 2.49. The van der Waals surface area contributed by atoms with E-state index < -0.39 is 11.7 Å². The molecule has 1 heterocycles. The molecule has 26 heavy (non-hydrogen) atoms. The first-order valence-corrected chi connectivity index (χ1v) is 8.86. The van der Waals surface area contributed by atoms with E-state index in [0.717, 1.165) is 7.07 Å². The van der Waals surface area contributed by atoms with Gasteiger partial charge in [0.2, 0.25) is 0 Å². The van der Waals surface area contributed by atoms with Crippen molar-refractivity contribution in [3.05, 3.63) is 21.9 Å². The number of nitrogens with zero attached hydrogens (tertiary/aromatic N) is 1. The summed E-state index contributed by atoms with van der Waals surface area (Å²) in [6, 6.07) is -0.158. The maximum atomic E-state index is 12.0. The molecule has 0 aliphatic rings. The molecule has 0 spiro atoms. The van der Waals surface area contributed by atoms with Crippen LogP contribution in [0.1, 0.15) is 58.6 Å². The standard InChI is InChI=1S/C17H30BN5O3/c1-10(2)13(14-12(18-19)15(24)23-11(3)22-14)20-8-7-9-21-16(25)26-17(4,5)6/h10,13,19-20H,7-9H2,1-6H3,(H,21,25)(H,22,23,24). The molecule has 0 aromatic carbocycles. The van der Waals surface area contributed by atoms with E-state index >= 15 is 0 Å². The van der Waals surface area contributed by atoms with Crippen LogP contribution >= 0.6 is 0 Å². The summed E-state index contributed by atoms with van der Waals surface area (Å²) < 4.78 is 5.19. The third-order valence-electron chi connectivity index (χ3n) is 3.59. The molecule has 1 amide bonds. The van der Waals surface area contributed by atoms with E-state index in [0.29, 0.717) is 31.0 Å². The molecule has 0 saturated carbocycles. The van der Waals surface area contributed by atoms with Crippen molar-refractivity contribution in [2.24, 2.45) is 5.92 Å². The summed E-state index contributed by atoms with van der Waals surface area (Å²) in [5.41, 5.74) is 0.0320. The Kier molecular flexibility index (Phi) is 8.14. The third kappa shape index (κ3) is 7.07. The zero-order valence-electron chi connectivity index (χ0n) is 16.5. The van der Waals surface area contributed by atoms with Crippen molar-refractivity contribution in [3.63, 3.8) is 0 Å². The van der Waals surface area contributed by atoms with Crippen molar-refractivity contribution in [1.82, 2.24) is 20.6 Å². The third-order valence-corrected chi connectivity index (χ3v) is 3.59. The zero-order chi connectivity index (χ0) is 19.9. The number of rotatable bonds is 8. The predicted octanol–water partition coefficient (Wildman–Crippen LogP) is 1.37. The van der Waals surface area contributed by atoms with E-state index in [2.05, 4.69) is 20.6 Å². The quantitative estimate of drug-likeness (QED) is 0.411. The van der Waals surface area contributed by atoms with Gasteiger partial charge in [-0.2, -0.15) is 0 Å². The van der Waals surface area contributed by atoms with E-state index in [1.807, 2.05) is 34.6 Å². The van der Waals surface area contributed by atoms with E-state index in [-0.39, 0.29) is 23.0 Å². The van der Waals surface area contributed by atoms with Crippen LogP contribution < -0.4 is 21.7 Å². The van der Waals surface area contributed by atoms with Crippen molar-refractivity contribution in [1.29, 1.82) is 5.31 Å². The summed E-state index contributed by atoms with van der Waals surface area (Å²) in [4.78, 5) is 30.7. The molecule has 0 radical (unpaired) electrons. The second-order valence-corrected chi connectivity index (χ2v) is 7.55. The number of aromatic nitrogens is 2. The van der Waals surface area contributed by atoms with Crippen LogP contribution in [0.5, 0.6) is 0 Å². The number of aryl methyl sites for hydroxylation is 1. The van der Waals surface area contributed by atoms with Crippen LogP contribution in [0.2, 0.25) is 0 Å². The average molecular weight is 363 g/mol. The van der Waals surface area contributed by atoms with Crippen LogP contribution in [0, 0.1) is 18.2 Å². The molecule has 1 atom stereocenters. The topological polar surface area (TPSA) is 120 Å². The Morgan fingerprint density at radius 2 is 2.00 bits per heavy atom. The molecule has 1 unspecified atom stereocenters. The van der Waals surface area contributed by atoms with Crippen LogP contribution in [0.3, 0.4) is 0 Å². The number of carbonyl (C=O) groups excluding carboxylic acids is 1. The zero-order valence-corrected chi connectivity index (χ0v) is 16.5. The van der Waals surface area contributed by atoms with E-state index in [1.54, 1.807) is 6.92 Å². The Bertz CT molecular complexity index is 682. The van der Waals surface area contributed by atoms with Gasteiger partial charge in [-0.1, -0.05) is 0 Å². The molecule has 0 saturated heterocycles. The van der Waals surface area contributed by atoms with Gasteiger partial charge in [0.25, 0.3) is 0 Å². The normalized spacial score (nSPS) is 12.6. The molecule has 1 aromatic heterocycles. The molecule has 0 bridgehead atoms. The monoisotopic (exact) mass is 363 g/mol. The van der Waals surface area contributed by atoms with Crippen LogP contribution in [0.15, 0.2) is 4.79 Å². The Balaban J connectivity index is 2.65. The maximum absolute atomic E-state index is 12.0. The number of amides is 1. The van der Waals surface area contributed by atoms with Gasteiger partial charge in [0.05, 0.1) is 0 Å². The molecule has 9 heteroatoms. The number of carbonyl (C=O) groups is 1. The fourth-order valence-electron chi connectivity index (χ4n) is 2.49. The van der Waals surface area contributed by atoms with Crippen molar-refractivity contribution in [2.45, 2.75) is 59.6 Å². The summed E-state index contributed by atoms with van der Waals surface area (Å²) in [5.74, 6) is 0.704. The number of aromatic amines is 1. The summed E-state index contributed by atoms with van der Waals surface area (Å²) in [7, 11) is 1.04. The van der Waals surface area contributed by atoms with Gasteiger partial charge in [-0.15, -0.1) is 0 Å². The van der Waals surface area contributed by atoms with Gasteiger partial charge in [-0.25, -0.2) is 0 Å². The van der Waals surface area contributed by atoms with Crippen molar-refractivity contribution in [3.8, 4) is 0 Å². The molecular formula is C17H30BN5O3. The second kappa shape index (κ2) is 9.61. The first-order chi connectivity index (χ1) is 12.0. The first kappa shape index (κ1) is 22.0. The number of ether oxygens (including phenoxy) is 1. The van der Waals surface area contributed by atoms with Gasteiger partial charge < -0.3 is 0 Å². The molecular weight excluding hydrogens is 333 g/mol. The molecule has 144 valence electrons. The van der Waals surface area contributed by atoms with Crippen LogP contribution in [0.25, 0.3) is 0 Å². The van der Waals surface area contributed by atoms with Crippen molar-refractivity contribution >= 4 is 18.6 Å². The van der Waals surface area contributed by atoms with Gasteiger partial charge >= 0.3 is 155 Å². The summed E-state index contributed by atoms with van der Waals surface area (Å²) in [6.07, 6.45) is 0.265. The number of hydrogen-bond acceptors (Lipinski definition) is 6. The van der Waals surface area contributed by atoms with Gasteiger partial charge in [-0.05, 0) is 0 Å². The summed E-state index contributed by atoms with van der Waals surface area (Å²) >= 11 is 0. The molecule has 0 aliphatic carbocycles. The number of H-pyrrole nitrogens is 1.